The number of carbonyl (C=O) groups excluding carboxylic acids is 1. The van der Waals surface area contributed by atoms with Gasteiger partial charge in [0.05, 0.1) is 11.2 Å². The minimum Gasteiger partial charge on any atom is -0.549 e. The molecule has 0 amide bonds. The molecule has 0 bridgehead atoms. The third kappa shape index (κ3) is 3.94. The summed E-state index contributed by atoms with van der Waals surface area (Å²) in [6.07, 6.45) is -9.87. The van der Waals surface area contributed by atoms with Crippen LogP contribution >= 0.6 is 20.3 Å². The van der Waals surface area contributed by atoms with Gasteiger partial charge in [-0.3, -0.25) is 0 Å². The summed E-state index contributed by atoms with van der Waals surface area (Å²) in [7, 11) is -1.07. The van der Waals surface area contributed by atoms with Crippen LogP contribution < -0.4 is 5.11 Å². The van der Waals surface area contributed by atoms with Crippen LogP contribution in [0.2, 0.25) is 0 Å². The van der Waals surface area contributed by atoms with Gasteiger partial charge < -0.3 is 9.90 Å². The lowest BCUT2D eigenvalue weighted by atomic mass is 10.2. The SMILES string of the molecule is O=C([O-])C1C=CS(=CC(C(F)(F)F)C(F)(F)F)S1. The summed E-state index contributed by atoms with van der Waals surface area (Å²) < 4.78 is 73.3. The molecule has 18 heavy (non-hydrogen) atoms. The van der Waals surface area contributed by atoms with Crippen molar-refractivity contribution in [3.05, 3.63) is 11.5 Å². The van der Waals surface area contributed by atoms with Crippen LogP contribution in [0.3, 0.4) is 0 Å². The summed E-state index contributed by atoms with van der Waals surface area (Å²) in [6, 6.07) is 0. The van der Waals surface area contributed by atoms with Gasteiger partial charge in [0.1, 0.15) is 0 Å². The topological polar surface area (TPSA) is 40.1 Å². The van der Waals surface area contributed by atoms with Crippen LogP contribution in [0.4, 0.5) is 26.3 Å². The van der Waals surface area contributed by atoms with Gasteiger partial charge in [0, 0.05) is 0 Å². The number of hydrogen-bond acceptors (Lipinski definition) is 3. The molecule has 2 atom stereocenters. The van der Waals surface area contributed by atoms with Crippen molar-refractivity contribution < 1.29 is 36.2 Å². The molecule has 0 aliphatic carbocycles. The summed E-state index contributed by atoms with van der Waals surface area (Å²) >= 11 is 0. The summed E-state index contributed by atoms with van der Waals surface area (Å²) in [5.41, 5.74) is 0. The summed E-state index contributed by atoms with van der Waals surface area (Å²) in [6.45, 7) is 0. The van der Waals surface area contributed by atoms with Crippen LogP contribution in [-0.2, 0) is 4.79 Å². The van der Waals surface area contributed by atoms with Gasteiger partial charge in [0.15, 0.2) is 5.92 Å². The molecular formula is C8H5F6O2S2-. The van der Waals surface area contributed by atoms with Crippen molar-refractivity contribution >= 4 is 31.6 Å². The fraction of sp³-hybridized carbons (Fsp3) is 0.500. The van der Waals surface area contributed by atoms with Gasteiger partial charge in [-0.15, -0.1) is 9.52 Å². The summed E-state index contributed by atoms with van der Waals surface area (Å²) in [4.78, 5) is 10.4. The maximum Gasteiger partial charge on any atom is 0.404 e. The lowest BCUT2D eigenvalue weighted by Crippen LogP contribution is -2.37. The van der Waals surface area contributed by atoms with Crippen LogP contribution in [0.5, 0.6) is 0 Å². The Hall–Kier alpha value is -0.640. The fourth-order valence-corrected chi connectivity index (χ4v) is 4.73. The van der Waals surface area contributed by atoms with Crippen molar-refractivity contribution in [2.75, 3.05) is 0 Å². The van der Waals surface area contributed by atoms with Gasteiger partial charge in [0.25, 0.3) is 0 Å². The van der Waals surface area contributed by atoms with E-state index in [2.05, 4.69) is 0 Å². The molecule has 0 saturated carbocycles. The largest absolute Gasteiger partial charge is 0.549 e. The smallest absolute Gasteiger partial charge is 0.404 e. The van der Waals surface area contributed by atoms with E-state index >= 15 is 0 Å². The molecule has 1 heterocycles. The lowest BCUT2D eigenvalue weighted by molar-refractivity contribution is -0.303. The van der Waals surface area contributed by atoms with Crippen molar-refractivity contribution in [3.63, 3.8) is 0 Å². The second-order valence-electron chi connectivity index (χ2n) is 3.19. The number of rotatable bonds is 2. The Morgan fingerprint density at radius 2 is 1.78 bits per heavy atom. The van der Waals surface area contributed by atoms with E-state index in [1.807, 2.05) is 0 Å². The van der Waals surface area contributed by atoms with Crippen molar-refractivity contribution in [3.8, 4) is 0 Å². The minimum absolute atomic E-state index is 0.0735. The van der Waals surface area contributed by atoms with Gasteiger partial charge >= 0.3 is 12.4 Å². The number of aliphatic carboxylic acids is 1. The molecule has 0 aromatic carbocycles. The van der Waals surface area contributed by atoms with Crippen LogP contribution in [-0.4, -0.2) is 28.9 Å². The third-order valence-electron chi connectivity index (χ3n) is 1.81. The molecular weight excluding hydrogens is 306 g/mol. The maximum atomic E-state index is 12.2. The fourth-order valence-electron chi connectivity index (χ4n) is 1.00. The van der Waals surface area contributed by atoms with E-state index in [4.69, 9.17) is 0 Å². The van der Waals surface area contributed by atoms with Crippen LogP contribution in [0.1, 0.15) is 0 Å². The molecule has 0 aromatic rings. The molecule has 0 radical (unpaired) electrons. The quantitative estimate of drug-likeness (QED) is 0.445. The van der Waals surface area contributed by atoms with Crippen molar-refractivity contribution in [1.82, 2.24) is 0 Å². The average molecular weight is 311 g/mol. The molecule has 1 aliphatic rings. The third-order valence-corrected chi connectivity index (χ3v) is 5.51. The summed E-state index contributed by atoms with van der Waals surface area (Å²) in [5, 5.41) is 10.3. The van der Waals surface area contributed by atoms with Gasteiger partial charge in [-0.2, -0.15) is 26.3 Å². The first-order chi connectivity index (χ1) is 8.01. The maximum absolute atomic E-state index is 12.2. The highest BCUT2D eigenvalue weighted by molar-refractivity contribution is 8.85. The number of hydrogen-bond donors (Lipinski definition) is 0. The Bertz CT molecular complexity index is 383. The standard InChI is InChI=1S/C8H6F6O2S2/c9-7(10,11)5(8(12,13)14)3-18-2-1-4(17-18)6(15)16/h1-5H,(H,15,16)/p-1. The highest BCUT2D eigenvalue weighted by atomic mass is 33.1. The number of alkyl halides is 6. The molecule has 2 nitrogen and oxygen atoms in total. The van der Waals surface area contributed by atoms with Gasteiger partial charge in [-0.1, -0.05) is 16.9 Å². The molecule has 0 spiro atoms. The molecule has 0 N–H and O–H groups in total. The predicted molar refractivity (Wildman–Crippen MR) is 54.8 cm³/mol. The van der Waals surface area contributed by atoms with Crippen molar-refractivity contribution in [2.45, 2.75) is 17.6 Å². The zero-order chi connectivity index (χ0) is 14.1. The van der Waals surface area contributed by atoms with E-state index < -0.39 is 39.0 Å². The first kappa shape index (κ1) is 15.4. The van der Waals surface area contributed by atoms with Crippen molar-refractivity contribution in [1.29, 1.82) is 0 Å². The molecule has 0 aromatic heterocycles. The highest BCUT2D eigenvalue weighted by Gasteiger charge is 2.55. The molecule has 1 aliphatic heterocycles. The number of carboxylic acid groups (broad SMARTS) is 1. The van der Waals surface area contributed by atoms with E-state index in [1.54, 1.807) is 0 Å². The minimum atomic E-state index is -5.45. The van der Waals surface area contributed by atoms with E-state index in [0.717, 1.165) is 11.5 Å². The first-order valence-corrected chi connectivity index (χ1v) is 7.03. The number of carboxylic acids is 1. The Morgan fingerprint density at radius 3 is 2.11 bits per heavy atom. The lowest BCUT2D eigenvalue weighted by Gasteiger charge is -2.20. The van der Waals surface area contributed by atoms with Gasteiger partial charge in [-0.05, 0) is 10.8 Å². The van der Waals surface area contributed by atoms with E-state index in [0.29, 0.717) is 10.8 Å². The number of carbonyl (C=O) groups is 1. The second kappa shape index (κ2) is 5.16. The zero-order valence-corrected chi connectivity index (χ0v) is 9.92. The molecule has 10 heteroatoms. The Kier molecular flexibility index (Phi) is 4.42. The van der Waals surface area contributed by atoms with E-state index in [1.165, 1.54) is 0 Å². The first-order valence-electron chi connectivity index (χ1n) is 4.28. The van der Waals surface area contributed by atoms with Gasteiger partial charge in [-0.25, -0.2) is 0 Å². The monoisotopic (exact) mass is 311 g/mol. The second-order valence-corrected chi connectivity index (χ2v) is 6.82. The van der Waals surface area contributed by atoms with Crippen LogP contribution in [0, 0.1) is 5.92 Å². The Labute approximate surface area is 103 Å². The summed E-state index contributed by atoms with van der Waals surface area (Å²) in [5.74, 6) is -5.11. The number of halogens is 6. The van der Waals surface area contributed by atoms with Gasteiger partial charge in [0.2, 0.25) is 0 Å². The van der Waals surface area contributed by atoms with E-state index in [-0.39, 0.29) is 5.37 Å². The normalized spacial score (nSPS) is 25.1. The molecule has 104 valence electrons. The molecule has 1 rings (SSSR count). The molecule has 0 saturated heterocycles. The Morgan fingerprint density at radius 1 is 1.28 bits per heavy atom. The predicted octanol–water partition coefficient (Wildman–Crippen LogP) is 2.09. The highest BCUT2D eigenvalue weighted by Crippen LogP contribution is 2.46. The molecule has 0 fully saturated rings. The van der Waals surface area contributed by atoms with Crippen LogP contribution in [0.15, 0.2) is 11.5 Å². The zero-order valence-electron chi connectivity index (χ0n) is 8.29. The average Bonchev–Trinajstić information content (AvgIpc) is 2.58. The Balaban J connectivity index is 2.93. The van der Waals surface area contributed by atoms with Crippen LogP contribution in [0.25, 0.3) is 0 Å². The van der Waals surface area contributed by atoms with E-state index in [9.17, 15) is 36.2 Å². The molecule has 2 unspecified atom stereocenters. The van der Waals surface area contributed by atoms with Crippen molar-refractivity contribution in [2.24, 2.45) is 5.92 Å².